The molecule has 19 heavy (non-hydrogen) atoms. The van der Waals surface area contributed by atoms with E-state index in [1.54, 1.807) is 12.3 Å². The van der Waals surface area contributed by atoms with Crippen molar-refractivity contribution in [2.45, 2.75) is 19.3 Å². The van der Waals surface area contributed by atoms with Crippen LogP contribution < -0.4 is 10.5 Å². The van der Waals surface area contributed by atoms with Crippen LogP contribution in [-0.2, 0) is 5.41 Å². The molecule has 1 aromatic carbocycles. The van der Waals surface area contributed by atoms with Crippen LogP contribution in [0.25, 0.3) is 11.5 Å². The maximum Gasteiger partial charge on any atom is 0.230 e. The summed E-state index contributed by atoms with van der Waals surface area (Å²) in [5.74, 6) is 0.474. The van der Waals surface area contributed by atoms with E-state index >= 15 is 0 Å². The van der Waals surface area contributed by atoms with Gasteiger partial charge in [-0.1, -0.05) is 13.8 Å². The number of ether oxygens (including phenoxy) is 1. The van der Waals surface area contributed by atoms with Crippen LogP contribution in [0.3, 0.4) is 0 Å². The maximum absolute atomic E-state index is 13.3. The molecular weight excluding hydrogens is 247 g/mol. The second-order valence-electron chi connectivity index (χ2n) is 4.97. The van der Waals surface area contributed by atoms with Gasteiger partial charge in [-0.3, -0.25) is 0 Å². The molecule has 5 heteroatoms. The van der Waals surface area contributed by atoms with E-state index in [4.69, 9.17) is 14.9 Å². The molecule has 0 amide bonds. The van der Waals surface area contributed by atoms with Crippen LogP contribution in [0.2, 0.25) is 0 Å². The minimum Gasteiger partial charge on any atom is -0.496 e. The Morgan fingerprint density at radius 3 is 2.79 bits per heavy atom. The minimum atomic E-state index is -0.367. The van der Waals surface area contributed by atoms with Gasteiger partial charge in [-0.2, -0.15) is 0 Å². The van der Waals surface area contributed by atoms with Gasteiger partial charge in [0.2, 0.25) is 5.89 Å². The molecule has 0 aliphatic rings. The van der Waals surface area contributed by atoms with E-state index in [1.807, 2.05) is 13.8 Å². The van der Waals surface area contributed by atoms with Crippen LogP contribution in [0.1, 0.15) is 19.5 Å². The highest BCUT2D eigenvalue weighted by Gasteiger charge is 2.24. The SMILES string of the molecule is COc1ccc(F)cc1-c1nc(C(C)(C)CN)co1. The first-order chi connectivity index (χ1) is 8.97. The molecule has 2 rings (SSSR count). The number of nitrogens with two attached hydrogens (primary N) is 1. The Balaban J connectivity index is 2.46. The van der Waals surface area contributed by atoms with E-state index in [0.717, 1.165) is 5.69 Å². The van der Waals surface area contributed by atoms with Crippen molar-refractivity contribution >= 4 is 0 Å². The smallest absolute Gasteiger partial charge is 0.230 e. The van der Waals surface area contributed by atoms with Crippen molar-refractivity contribution in [3.63, 3.8) is 0 Å². The van der Waals surface area contributed by atoms with E-state index in [0.29, 0.717) is 23.7 Å². The highest BCUT2D eigenvalue weighted by atomic mass is 19.1. The first-order valence-corrected chi connectivity index (χ1v) is 5.98. The molecule has 0 saturated carbocycles. The Morgan fingerprint density at radius 2 is 2.16 bits per heavy atom. The summed E-state index contributed by atoms with van der Waals surface area (Å²) in [5.41, 5.74) is 6.63. The van der Waals surface area contributed by atoms with Gasteiger partial charge in [-0.25, -0.2) is 9.37 Å². The number of nitrogens with zero attached hydrogens (tertiary/aromatic N) is 1. The maximum atomic E-state index is 13.3. The third-order valence-electron chi connectivity index (χ3n) is 3.10. The molecule has 0 aliphatic heterocycles. The summed E-state index contributed by atoms with van der Waals surface area (Å²) in [4.78, 5) is 4.38. The van der Waals surface area contributed by atoms with Crippen molar-refractivity contribution < 1.29 is 13.5 Å². The van der Waals surface area contributed by atoms with Gasteiger partial charge < -0.3 is 14.9 Å². The summed E-state index contributed by atoms with van der Waals surface area (Å²) in [6, 6.07) is 4.21. The predicted octanol–water partition coefficient (Wildman–Crippen LogP) is 2.73. The Kier molecular flexibility index (Phi) is 3.57. The summed E-state index contributed by atoms with van der Waals surface area (Å²) in [7, 11) is 1.52. The van der Waals surface area contributed by atoms with E-state index in [2.05, 4.69) is 4.98 Å². The second-order valence-corrected chi connectivity index (χ2v) is 4.97. The fraction of sp³-hybridized carbons (Fsp3) is 0.357. The van der Waals surface area contributed by atoms with E-state index < -0.39 is 0 Å². The number of methoxy groups -OCH3 is 1. The van der Waals surface area contributed by atoms with Crippen LogP contribution in [0.4, 0.5) is 4.39 Å². The van der Waals surface area contributed by atoms with Gasteiger partial charge in [-0.05, 0) is 18.2 Å². The molecule has 102 valence electrons. The molecular formula is C14H17FN2O2. The zero-order chi connectivity index (χ0) is 14.0. The summed E-state index contributed by atoms with van der Waals surface area (Å²) in [5, 5.41) is 0. The number of benzene rings is 1. The molecule has 0 saturated heterocycles. The molecule has 4 nitrogen and oxygen atoms in total. The lowest BCUT2D eigenvalue weighted by Crippen LogP contribution is -2.28. The minimum absolute atomic E-state index is 0.289. The Bertz CT molecular complexity index is 579. The summed E-state index contributed by atoms with van der Waals surface area (Å²) in [6.07, 6.45) is 1.55. The molecule has 1 heterocycles. The van der Waals surface area contributed by atoms with Crippen LogP contribution >= 0.6 is 0 Å². The van der Waals surface area contributed by atoms with Crippen LogP contribution in [0, 0.1) is 5.82 Å². The standard InChI is InChI=1S/C14H17FN2O2/c1-14(2,8-16)12-7-19-13(17-12)10-6-9(15)4-5-11(10)18-3/h4-7H,8,16H2,1-3H3. The predicted molar refractivity (Wildman–Crippen MR) is 70.5 cm³/mol. The quantitative estimate of drug-likeness (QED) is 0.922. The van der Waals surface area contributed by atoms with Crippen LogP contribution in [-0.4, -0.2) is 18.6 Å². The normalized spacial score (nSPS) is 11.6. The molecule has 0 unspecified atom stereocenters. The van der Waals surface area contributed by atoms with E-state index in [9.17, 15) is 4.39 Å². The van der Waals surface area contributed by atoms with E-state index in [1.165, 1.54) is 19.2 Å². The van der Waals surface area contributed by atoms with Crippen molar-refractivity contribution in [1.29, 1.82) is 0 Å². The van der Waals surface area contributed by atoms with Crippen molar-refractivity contribution in [2.75, 3.05) is 13.7 Å². The summed E-state index contributed by atoms with van der Waals surface area (Å²) in [6.45, 7) is 4.38. The molecule has 0 spiro atoms. The number of aromatic nitrogens is 1. The van der Waals surface area contributed by atoms with Crippen molar-refractivity contribution in [3.8, 4) is 17.2 Å². The van der Waals surface area contributed by atoms with Gasteiger partial charge in [-0.15, -0.1) is 0 Å². The molecule has 0 aliphatic carbocycles. The number of hydrogen-bond acceptors (Lipinski definition) is 4. The zero-order valence-electron chi connectivity index (χ0n) is 11.2. The molecule has 2 N–H and O–H groups in total. The summed E-state index contributed by atoms with van der Waals surface area (Å²) >= 11 is 0. The van der Waals surface area contributed by atoms with Crippen LogP contribution in [0.5, 0.6) is 5.75 Å². The second kappa shape index (κ2) is 5.01. The molecule has 0 fully saturated rings. The number of oxazole rings is 1. The zero-order valence-corrected chi connectivity index (χ0v) is 11.2. The highest BCUT2D eigenvalue weighted by molar-refractivity contribution is 5.63. The van der Waals surface area contributed by atoms with Gasteiger partial charge in [0.15, 0.2) is 0 Å². The van der Waals surface area contributed by atoms with Crippen LogP contribution in [0.15, 0.2) is 28.9 Å². The average Bonchev–Trinajstić information content (AvgIpc) is 2.89. The van der Waals surface area contributed by atoms with Gasteiger partial charge in [0, 0.05) is 12.0 Å². The van der Waals surface area contributed by atoms with Gasteiger partial charge in [0.05, 0.1) is 18.4 Å². The average molecular weight is 264 g/mol. The topological polar surface area (TPSA) is 61.3 Å². The Hall–Kier alpha value is -1.88. The van der Waals surface area contributed by atoms with Gasteiger partial charge in [0.25, 0.3) is 0 Å². The first-order valence-electron chi connectivity index (χ1n) is 5.98. The lowest BCUT2D eigenvalue weighted by molar-refractivity contribution is 0.413. The largest absolute Gasteiger partial charge is 0.496 e. The van der Waals surface area contributed by atoms with Gasteiger partial charge >= 0.3 is 0 Å². The van der Waals surface area contributed by atoms with Crippen molar-refractivity contribution in [2.24, 2.45) is 5.73 Å². The first kappa shape index (κ1) is 13.5. The molecule has 1 aromatic heterocycles. The van der Waals surface area contributed by atoms with Gasteiger partial charge in [0.1, 0.15) is 17.8 Å². The lowest BCUT2D eigenvalue weighted by Gasteiger charge is -2.18. The molecule has 0 atom stereocenters. The molecule has 2 aromatic rings. The Morgan fingerprint density at radius 1 is 1.42 bits per heavy atom. The highest BCUT2D eigenvalue weighted by Crippen LogP contribution is 2.32. The number of halogens is 1. The van der Waals surface area contributed by atoms with Crippen molar-refractivity contribution in [3.05, 3.63) is 36.0 Å². The monoisotopic (exact) mass is 264 g/mol. The number of rotatable bonds is 4. The molecule has 0 bridgehead atoms. The lowest BCUT2D eigenvalue weighted by atomic mass is 9.90. The molecule has 0 radical (unpaired) electrons. The summed E-state index contributed by atoms with van der Waals surface area (Å²) < 4.78 is 23.9. The fourth-order valence-corrected chi connectivity index (χ4v) is 1.66. The Labute approximate surface area is 111 Å². The van der Waals surface area contributed by atoms with Crippen molar-refractivity contribution in [1.82, 2.24) is 4.98 Å². The fourth-order valence-electron chi connectivity index (χ4n) is 1.66. The van der Waals surface area contributed by atoms with E-state index in [-0.39, 0.29) is 11.2 Å². The third kappa shape index (κ3) is 2.61. The number of hydrogen-bond donors (Lipinski definition) is 1. The third-order valence-corrected chi connectivity index (χ3v) is 3.10.